The Morgan fingerprint density at radius 1 is 0.939 bits per heavy atom. The Balaban J connectivity index is 2.36. The minimum absolute atomic E-state index is 0.206. The third kappa shape index (κ3) is 8.98. The summed E-state index contributed by atoms with van der Waals surface area (Å²) >= 11 is 0. The molecule has 2 aromatic rings. The quantitative estimate of drug-likeness (QED) is 0.453. The van der Waals surface area contributed by atoms with Crippen LogP contribution in [0.3, 0.4) is 0 Å². The molecule has 33 heavy (non-hydrogen) atoms. The van der Waals surface area contributed by atoms with E-state index in [4.69, 9.17) is 0 Å². The Morgan fingerprint density at radius 2 is 1.52 bits per heavy atom. The number of benzene rings is 2. The van der Waals surface area contributed by atoms with Crippen molar-refractivity contribution in [3.8, 4) is 0 Å². The third-order valence-electron chi connectivity index (χ3n) is 5.47. The summed E-state index contributed by atoms with van der Waals surface area (Å²) in [7, 11) is -2.18. The molecule has 0 unspecified atom stereocenters. The van der Waals surface area contributed by atoms with Crippen LogP contribution < -0.4 is 5.32 Å². The van der Waals surface area contributed by atoms with E-state index in [1.165, 1.54) is 11.9 Å². The van der Waals surface area contributed by atoms with Gasteiger partial charge in [0.2, 0.25) is 21.8 Å². The molecule has 0 saturated heterocycles. The first-order chi connectivity index (χ1) is 15.7. The van der Waals surface area contributed by atoms with Crippen LogP contribution in [-0.2, 0) is 32.6 Å². The van der Waals surface area contributed by atoms with E-state index < -0.39 is 22.0 Å². The van der Waals surface area contributed by atoms with Crippen LogP contribution >= 0.6 is 0 Å². The predicted molar refractivity (Wildman–Crippen MR) is 131 cm³/mol. The van der Waals surface area contributed by atoms with E-state index in [0.717, 1.165) is 41.0 Å². The maximum absolute atomic E-state index is 13.4. The number of amides is 2. The minimum Gasteiger partial charge on any atom is -0.354 e. The number of sulfonamides is 1. The largest absolute Gasteiger partial charge is 0.354 e. The second-order valence-electron chi connectivity index (χ2n) is 8.23. The van der Waals surface area contributed by atoms with E-state index in [1.54, 1.807) is 0 Å². The van der Waals surface area contributed by atoms with Crippen LogP contribution in [0, 0.1) is 0 Å². The fourth-order valence-corrected chi connectivity index (χ4v) is 3.78. The van der Waals surface area contributed by atoms with Gasteiger partial charge in [0, 0.05) is 26.6 Å². The molecule has 2 rings (SSSR count). The van der Waals surface area contributed by atoms with E-state index in [1.807, 2.05) is 60.7 Å². The fourth-order valence-electron chi connectivity index (χ4n) is 3.44. The smallest absolute Gasteiger partial charge is 0.243 e. The molecule has 2 amide bonds. The van der Waals surface area contributed by atoms with E-state index in [2.05, 4.69) is 12.2 Å². The zero-order valence-electron chi connectivity index (χ0n) is 19.7. The second kappa shape index (κ2) is 13.1. The summed E-state index contributed by atoms with van der Waals surface area (Å²) in [5.41, 5.74) is 1.79. The van der Waals surface area contributed by atoms with Crippen molar-refractivity contribution in [3.63, 3.8) is 0 Å². The van der Waals surface area contributed by atoms with Gasteiger partial charge in [-0.05, 0) is 17.5 Å². The lowest BCUT2D eigenvalue weighted by atomic mass is 10.0. The Labute approximate surface area is 197 Å². The Kier molecular flexibility index (Phi) is 10.5. The number of hydrogen-bond donors (Lipinski definition) is 1. The van der Waals surface area contributed by atoms with Gasteiger partial charge in [0.15, 0.2) is 0 Å². The van der Waals surface area contributed by atoms with Gasteiger partial charge in [0.05, 0.1) is 12.8 Å². The summed E-state index contributed by atoms with van der Waals surface area (Å²) in [4.78, 5) is 28.1. The summed E-state index contributed by atoms with van der Waals surface area (Å²) in [6.07, 6.45) is 4.31. The molecule has 0 aliphatic heterocycles. The molecule has 0 spiro atoms. The van der Waals surface area contributed by atoms with Crippen molar-refractivity contribution in [3.05, 3.63) is 71.8 Å². The van der Waals surface area contributed by atoms with E-state index in [9.17, 15) is 18.0 Å². The van der Waals surface area contributed by atoms with Crippen LogP contribution in [-0.4, -0.2) is 61.9 Å². The molecule has 0 fully saturated rings. The molecular weight excluding hydrogens is 438 g/mol. The van der Waals surface area contributed by atoms with E-state index >= 15 is 0 Å². The number of rotatable bonds is 13. The first kappa shape index (κ1) is 26.5. The average Bonchev–Trinajstić information content (AvgIpc) is 2.79. The van der Waals surface area contributed by atoms with Crippen molar-refractivity contribution in [2.75, 3.05) is 26.4 Å². The molecule has 8 heteroatoms. The van der Waals surface area contributed by atoms with Crippen molar-refractivity contribution in [2.24, 2.45) is 0 Å². The highest BCUT2D eigenvalue weighted by molar-refractivity contribution is 7.88. The van der Waals surface area contributed by atoms with Gasteiger partial charge in [-0.3, -0.25) is 9.59 Å². The maximum atomic E-state index is 13.4. The molecule has 0 aliphatic carbocycles. The van der Waals surface area contributed by atoms with Gasteiger partial charge in [-0.25, -0.2) is 8.42 Å². The molecule has 0 aromatic heterocycles. The second-order valence-corrected chi connectivity index (χ2v) is 10.3. The number of nitrogens with zero attached hydrogens (tertiary/aromatic N) is 2. The summed E-state index contributed by atoms with van der Waals surface area (Å²) < 4.78 is 24.8. The third-order valence-corrected chi connectivity index (χ3v) is 6.73. The molecule has 1 N–H and O–H groups in total. The molecule has 180 valence electrons. The number of hydrogen-bond acceptors (Lipinski definition) is 4. The zero-order chi connectivity index (χ0) is 24.3. The normalized spacial score (nSPS) is 12.4. The van der Waals surface area contributed by atoms with Crippen molar-refractivity contribution < 1.29 is 18.0 Å². The maximum Gasteiger partial charge on any atom is 0.243 e. The molecule has 0 aliphatic rings. The van der Waals surface area contributed by atoms with Gasteiger partial charge >= 0.3 is 0 Å². The number of likely N-dealkylation sites (N-methyl/N-ethyl adjacent to an activating group) is 1. The van der Waals surface area contributed by atoms with Gasteiger partial charge in [-0.15, -0.1) is 0 Å². The predicted octanol–water partition coefficient (Wildman–Crippen LogP) is 2.82. The van der Waals surface area contributed by atoms with E-state index in [0.29, 0.717) is 13.0 Å². The number of unbranched alkanes of at least 4 members (excludes halogenated alkanes) is 2. The lowest BCUT2D eigenvalue weighted by Gasteiger charge is -2.32. The van der Waals surface area contributed by atoms with Crippen LogP contribution in [0.15, 0.2) is 60.7 Å². The lowest BCUT2D eigenvalue weighted by molar-refractivity contribution is -0.141. The average molecular weight is 474 g/mol. The highest BCUT2D eigenvalue weighted by atomic mass is 32.2. The van der Waals surface area contributed by atoms with Crippen LogP contribution in [0.2, 0.25) is 0 Å². The number of nitrogens with one attached hydrogen (secondary N) is 1. The molecule has 0 saturated carbocycles. The summed E-state index contributed by atoms with van der Waals surface area (Å²) in [5.74, 6) is -0.655. The minimum atomic E-state index is -3.54. The molecular formula is C25H35N3O4S. The zero-order valence-corrected chi connectivity index (χ0v) is 20.6. The first-order valence-electron chi connectivity index (χ1n) is 11.3. The number of carbonyl (C=O) groups excluding carboxylic acids is 2. The number of carbonyl (C=O) groups is 2. The van der Waals surface area contributed by atoms with Gasteiger partial charge in [-0.1, -0.05) is 80.4 Å². The molecule has 2 aromatic carbocycles. The van der Waals surface area contributed by atoms with Crippen LogP contribution in [0.1, 0.15) is 37.3 Å². The van der Waals surface area contributed by atoms with Gasteiger partial charge in [-0.2, -0.15) is 4.31 Å². The van der Waals surface area contributed by atoms with Crippen LogP contribution in [0.5, 0.6) is 0 Å². The van der Waals surface area contributed by atoms with E-state index in [-0.39, 0.29) is 19.0 Å². The highest BCUT2D eigenvalue weighted by Gasteiger charge is 2.31. The standard InChI is InChI=1S/C25H35N3O4S/c1-4-5-12-17-26-25(30)23(18-21-13-8-6-9-14-21)28(19-22-15-10-7-11-16-22)24(29)20-27(2)33(3,31)32/h6-11,13-16,23H,4-5,12,17-20H2,1-3H3,(H,26,30)/t23-/m0/s1. The monoisotopic (exact) mass is 473 g/mol. The SMILES string of the molecule is CCCCCNC(=O)[C@H](Cc1ccccc1)N(Cc1ccccc1)C(=O)CN(C)S(C)(=O)=O. The summed E-state index contributed by atoms with van der Waals surface area (Å²) in [6, 6.07) is 18.2. The Morgan fingerprint density at radius 3 is 2.06 bits per heavy atom. The summed E-state index contributed by atoms with van der Waals surface area (Å²) in [6.45, 7) is 2.50. The van der Waals surface area contributed by atoms with Gasteiger partial charge < -0.3 is 10.2 Å². The molecule has 0 heterocycles. The molecule has 0 radical (unpaired) electrons. The van der Waals surface area contributed by atoms with Crippen molar-refractivity contribution in [2.45, 2.75) is 45.2 Å². The summed E-state index contributed by atoms with van der Waals surface area (Å²) in [5, 5.41) is 2.98. The van der Waals surface area contributed by atoms with Crippen LogP contribution in [0.4, 0.5) is 0 Å². The molecule has 0 bridgehead atoms. The van der Waals surface area contributed by atoms with Crippen molar-refractivity contribution >= 4 is 21.8 Å². The van der Waals surface area contributed by atoms with Crippen LogP contribution in [0.25, 0.3) is 0 Å². The lowest BCUT2D eigenvalue weighted by Crippen LogP contribution is -2.53. The fraction of sp³-hybridized carbons (Fsp3) is 0.440. The highest BCUT2D eigenvalue weighted by Crippen LogP contribution is 2.15. The Hall–Kier alpha value is -2.71. The molecule has 7 nitrogen and oxygen atoms in total. The van der Waals surface area contributed by atoms with Crippen molar-refractivity contribution in [1.29, 1.82) is 0 Å². The van der Waals surface area contributed by atoms with Gasteiger partial charge in [0.1, 0.15) is 6.04 Å². The topological polar surface area (TPSA) is 86.8 Å². The molecule has 1 atom stereocenters. The van der Waals surface area contributed by atoms with Crippen molar-refractivity contribution in [1.82, 2.24) is 14.5 Å². The first-order valence-corrected chi connectivity index (χ1v) is 13.1. The Bertz CT molecular complexity index is 981. The van der Waals surface area contributed by atoms with Gasteiger partial charge in [0.25, 0.3) is 0 Å².